The van der Waals surface area contributed by atoms with Gasteiger partial charge >= 0.3 is 17.9 Å². The maximum absolute atomic E-state index is 11.8. The molecule has 1 rings (SSSR count). The Hall–Kier alpha value is -2.15. The number of cyclic esters (lactones) is 2. The number of aliphatic hydroxyl groups excluding tert-OH is 1. The molecule has 0 fully saturated rings. The standard InChI is InChI=1S/C18H26O7/c1-12-4-6-15(20)7-10-17(21)24-13(2)5-8-16(25-14(3)19)9-11-18(22)23-12/h7,9-13,15-16,20H,4-6,8H2,1-3H3/t12-,13-,15+,16+/m1/s1. The number of hydrogen-bond donors (Lipinski definition) is 1. The van der Waals surface area contributed by atoms with Crippen LogP contribution in [0.3, 0.4) is 0 Å². The van der Waals surface area contributed by atoms with Crippen molar-refractivity contribution in [3.63, 3.8) is 0 Å². The zero-order valence-corrected chi connectivity index (χ0v) is 14.8. The lowest BCUT2D eigenvalue weighted by Gasteiger charge is -2.17. The Morgan fingerprint density at radius 2 is 1.52 bits per heavy atom. The van der Waals surface area contributed by atoms with Gasteiger partial charge in [0.25, 0.3) is 0 Å². The molecule has 0 aliphatic carbocycles. The number of esters is 3. The Morgan fingerprint density at radius 1 is 1.00 bits per heavy atom. The average Bonchev–Trinajstić information content (AvgIpc) is 2.52. The van der Waals surface area contributed by atoms with Crippen molar-refractivity contribution in [1.29, 1.82) is 0 Å². The van der Waals surface area contributed by atoms with E-state index in [9.17, 15) is 19.5 Å². The largest absolute Gasteiger partial charge is 0.460 e. The molecule has 1 N–H and O–H groups in total. The van der Waals surface area contributed by atoms with E-state index in [4.69, 9.17) is 14.2 Å². The van der Waals surface area contributed by atoms with Gasteiger partial charge in [0, 0.05) is 19.1 Å². The van der Waals surface area contributed by atoms with Gasteiger partial charge in [0.2, 0.25) is 0 Å². The molecule has 7 heteroatoms. The van der Waals surface area contributed by atoms with Crippen LogP contribution in [-0.2, 0) is 28.6 Å². The van der Waals surface area contributed by atoms with Crippen LogP contribution in [0.2, 0.25) is 0 Å². The third kappa shape index (κ3) is 9.66. The zero-order valence-electron chi connectivity index (χ0n) is 14.8. The van der Waals surface area contributed by atoms with Crippen molar-refractivity contribution >= 4 is 17.9 Å². The van der Waals surface area contributed by atoms with Crippen LogP contribution in [0.5, 0.6) is 0 Å². The summed E-state index contributed by atoms with van der Waals surface area (Å²) in [6.07, 6.45) is 4.62. The van der Waals surface area contributed by atoms with Crippen molar-refractivity contribution in [1.82, 2.24) is 0 Å². The highest BCUT2D eigenvalue weighted by molar-refractivity contribution is 5.82. The predicted molar refractivity (Wildman–Crippen MR) is 89.4 cm³/mol. The normalized spacial score (nSPS) is 29.6. The summed E-state index contributed by atoms with van der Waals surface area (Å²) in [6.45, 7) is 4.72. The van der Waals surface area contributed by atoms with Crippen molar-refractivity contribution in [3.05, 3.63) is 24.3 Å². The van der Waals surface area contributed by atoms with Crippen molar-refractivity contribution in [2.24, 2.45) is 0 Å². The van der Waals surface area contributed by atoms with Gasteiger partial charge in [-0.2, -0.15) is 0 Å². The molecule has 25 heavy (non-hydrogen) atoms. The molecular weight excluding hydrogens is 328 g/mol. The summed E-state index contributed by atoms with van der Waals surface area (Å²) in [5.74, 6) is -1.55. The lowest BCUT2D eigenvalue weighted by Crippen LogP contribution is -2.21. The molecule has 1 heterocycles. The van der Waals surface area contributed by atoms with Crippen LogP contribution in [0.4, 0.5) is 0 Å². The summed E-state index contributed by atoms with van der Waals surface area (Å²) < 4.78 is 15.5. The number of rotatable bonds is 1. The molecule has 1 aliphatic heterocycles. The molecular formula is C18H26O7. The highest BCUT2D eigenvalue weighted by Crippen LogP contribution is 2.12. The van der Waals surface area contributed by atoms with E-state index in [0.29, 0.717) is 25.7 Å². The van der Waals surface area contributed by atoms with E-state index in [1.807, 2.05) is 0 Å². The molecule has 0 bridgehead atoms. The van der Waals surface area contributed by atoms with Gasteiger partial charge in [-0.15, -0.1) is 0 Å². The quantitative estimate of drug-likeness (QED) is 0.566. The van der Waals surface area contributed by atoms with E-state index >= 15 is 0 Å². The fourth-order valence-electron chi connectivity index (χ4n) is 2.28. The van der Waals surface area contributed by atoms with Gasteiger partial charge in [-0.25, -0.2) is 9.59 Å². The highest BCUT2D eigenvalue weighted by atomic mass is 16.6. The molecule has 0 unspecified atom stereocenters. The Kier molecular flexibility index (Phi) is 8.91. The highest BCUT2D eigenvalue weighted by Gasteiger charge is 2.16. The second-order valence-electron chi connectivity index (χ2n) is 6.08. The minimum atomic E-state index is -0.819. The van der Waals surface area contributed by atoms with E-state index < -0.39 is 42.3 Å². The number of ether oxygens (including phenoxy) is 3. The minimum absolute atomic E-state index is 0.341. The van der Waals surface area contributed by atoms with Crippen LogP contribution in [0.1, 0.15) is 46.5 Å². The van der Waals surface area contributed by atoms with Crippen molar-refractivity contribution < 1.29 is 33.7 Å². The van der Waals surface area contributed by atoms with Gasteiger partial charge in [-0.3, -0.25) is 4.79 Å². The van der Waals surface area contributed by atoms with Gasteiger partial charge in [-0.05, 0) is 51.7 Å². The van der Waals surface area contributed by atoms with Crippen molar-refractivity contribution in [2.45, 2.75) is 70.9 Å². The number of carbonyl (C=O) groups is 3. The Bertz CT molecular complexity index is 524. The molecule has 1 aliphatic rings. The Labute approximate surface area is 147 Å². The van der Waals surface area contributed by atoms with Crippen LogP contribution in [0, 0.1) is 0 Å². The second kappa shape index (κ2) is 10.7. The summed E-state index contributed by atoms with van der Waals surface area (Å²) in [6, 6.07) is 0. The summed E-state index contributed by atoms with van der Waals surface area (Å²) in [5.41, 5.74) is 0. The van der Waals surface area contributed by atoms with Crippen LogP contribution in [-0.4, -0.2) is 47.4 Å². The minimum Gasteiger partial charge on any atom is -0.460 e. The van der Waals surface area contributed by atoms with E-state index in [1.54, 1.807) is 13.8 Å². The molecule has 0 amide bonds. The average molecular weight is 354 g/mol. The third-order valence-corrected chi connectivity index (χ3v) is 3.58. The fourth-order valence-corrected chi connectivity index (χ4v) is 2.28. The van der Waals surface area contributed by atoms with Crippen molar-refractivity contribution in [2.75, 3.05) is 0 Å². The van der Waals surface area contributed by atoms with E-state index in [1.165, 1.54) is 31.2 Å². The summed E-state index contributed by atoms with van der Waals surface area (Å²) in [5, 5.41) is 9.81. The maximum Gasteiger partial charge on any atom is 0.330 e. The summed E-state index contributed by atoms with van der Waals surface area (Å²) in [7, 11) is 0. The Morgan fingerprint density at radius 3 is 2.08 bits per heavy atom. The molecule has 0 saturated carbocycles. The monoisotopic (exact) mass is 354 g/mol. The fraction of sp³-hybridized carbons (Fsp3) is 0.611. The molecule has 140 valence electrons. The number of carbonyl (C=O) groups excluding carboxylic acids is 3. The molecule has 0 radical (unpaired) electrons. The van der Waals surface area contributed by atoms with Crippen LogP contribution in [0.15, 0.2) is 24.3 Å². The third-order valence-electron chi connectivity index (χ3n) is 3.58. The van der Waals surface area contributed by atoms with Crippen LogP contribution < -0.4 is 0 Å². The molecule has 0 aromatic heterocycles. The lowest BCUT2D eigenvalue weighted by atomic mass is 10.1. The molecule has 4 atom stereocenters. The number of hydrogen-bond acceptors (Lipinski definition) is 7. The van der Waals surface area contributed by atoms with E-state index in [0.717, 1.165) is 0 Å². The molecule has 7 nitrogen and oxygen atoms in total. The van der Waals surface area contributed by atoms with Crippen LogP contribution >= 0.6 is 0 Å². The smallest absolute Gasteiger partial charge is 0.330 e. The molecule has 0 spiro atoms. The lowest BCUT2D eigenvalue weighted by molar-refractivity contribution is -0.147. The van der Waals surface area contributed by atoms with Gasteiger partial charge in [0.05, 0.1) is 18.3 Å². The molecule has 0 aromatic carbocycles. The second-order valence-corrected chi connectivity index (χ2v) is 6.08. The van der Waals surface area contributed by atoms with Gasteiger partial charge < -0.3 is 19.3 Å². The van der Waals surface area contributed by atoms with Gasteiger partial charge in [-0.1, -0.05) is 0 Å². The summed E-state index contributed by atoms with van der Waals surface area (Å²) >= 11 is 0. The molecule has 0 aromatic rings. The first-order valence-electron chi connectivity index (χ1n) is 8.39. The van der Waals surface area contributed by atoms with E-state index in [-0.39, 0.29) is 0 Å². The van der Waals surface area contributed by atoms with Gasteiger partial charge in [0.15, 0.2) is 0 Å². The maximum atomic E-state index is 11.8. The van der Waals surface area contributed by atoms with Crippen molar-refractivity contribution in [3.8, 4) is 0 Å². The Balaban J connectivity index is 2.83. The summed E-state index contributed by atoms with van der Waals surface area (Å²) in [4.78, 5) is 34.7. The molecule has 0 saturated heterocycles. The van der Waals surface area contributed by atoms with Crippen LogP contribution in [0.25, 0.3) is 0 Å². The topological polar surface area (TPSA) is 99.1 Å². The van der Waals surface area contributed by atoms with E-state index in [2.05, 4.69) is 0 Å². The van der Waals surface area contributed by atoms with Gasteiger partial charge in [0.1, 0.15) is 6.10 Å². The SMILES string of the molecule is CC(=O)O[C@@H]1C=CC(=O)O[C@H](C)CC[C@H](O)C=CC(=O)O[C@H](C)CC1. The number of aliphatic hydroxyl groups is 1. The predicted octanol–water partition coefficient (Wildman–Crippen LogP) is 1.83. The zero-order chi connectivity index (χ0) is 18.8. The first-order valence-corrected chi connectivity index (χ1v) is 8.39. The first kappa shape index (κ1) is 20.9. The first-order chi connectivity index (χ1) is 11.8.